The summed E-state index contributed by atoms with van der Waals surface area (Å²) in [5.41, 5.74) is 2.00. The van der Waals surface area contributed by atoms with Crippen LogP contribution >= 0.6 is 47.0 Å². The van der Waals surface area contributed by atoms with Crippen LogP contribution < -0.4 is 19.7 Å². The molecule has 4 rings (SSSR count). The second kappa shape index (κ2) is 12.2. The Morgan fingerprint density at radius 3 is 2.34 bits per heavy atom. The number of ether oxygens (including phenoxy) is 2. The third kappa shape index (κ3) is 6.15. The van der Waals surface area contributed by atoms with Gasteiger partial charge in [0.25, 0.3) is 5.91 Å². The van der Waals surface area contributed by atoms with E-state index in [2.05, 4.69) is 5.32 Å². The molecule has 1 N–H and O–H groups in total. The number of thiocarbonyl (C=S) groups is 1. The fourth-order valence-electron chi connectivity index (χ4n) is 4.17. The maximum Gasteiger partial charge on any atom is 0.257 e. The Labute approximate surface area is 241 Å². The van der Waals surface area contributed by atoms with Gasteiger partial charge in [0.1, 0.15) is 6.04 Å². The normalized spacial score (nSPS) is 15.0. The number of carbonyl (C=O) groups excluding carboxylic acids is 2. The molecule has 0 radical (unpaired) electrons. The number of carbonyl (C=O) groups is 2. The third-order valence-electron chi connectivity index (χ3n) is 6.10. The molecular formula is C27H24Cl3N3O4S. The van der Waals surface area contributed by atoms with Crippen molar-refractivity contribution in [1.29, 1.82) is 0 Å². The molecule has 1 fully saturated rings. The molecule has 1 atom stereocenters. The van der Waals surface area contributed by atoms with Crippen molar-refractivity contribution in [2.45, 2.75) is 18.9 Å². The Morgan fingerprint density at radius 1 is 0.974 bits per heavy atom. The van der Waals surface area contributed by atoms with Gasteiger partial charge in [-0.25, -0.2) is 4.90 Å². The Morgan fingerprint density at radius 2 is 1.68 bits per heavy atom. The number of anilines is 2. The maximum atomic E-state index is 13.6. The van der Waals surface area contributed by atoms with Gasteiger partial charge in [-0.2, -0.15) is 0 Å². The quantitative estimate of drug-likeness (QED) is 0.245. The number of hydrogen-bond acceptors (Lipinski definition) is 5. The smallest absolute Gasteiger partial charge is 0.257 e. The van der Waals surface area contributed by atoms with E-state index in [0.717, 1.165) is 5.56 Å². The summed E-state index contributed by atoms with van der Waals surface area (Å²) < 4.78 is 10.7. The summed E-state index contributed by atoms with van der Waals surface area (Å²) in [6.45, 7) is 0.348. The number of imide groups is 1. The van der Waals surface area contributed by atoms with Gasteiger partial charge >= 0.3 is 0 Å². The van der Waals surface area contributed by atoms with Crippen molar-refractivity contribution in [2.24, 2.45) is 0 Å². The molecule has 3 aromatic rings. The van der Waals surface area contributed by atoms with Gasteiger partial charge < -0.3 is 19.7 Å². The van der Waals surface area contributed by atoms with Crippen molar-refractivity contribution in [3.05, 3.63) is 81.3 Å². The van der Waals surface area contributed by atoms with Crippen LogP contribution in [0, 0.1) is 0 Å². The van der Waals surface area contributed by atoms with Crippen molar-refractivity contribution in [3.63, 3.8) is 0 Å². The molecule has 1 aliphatic rings. The molecule has 38 heavy (non-hydrogen) atoms. The number of nitrogens with one attached hydrogen (secondary N) is 1. The predicted molar refractivity (Wildman–Crippen MR) is 155 cm³/mol. The topological polar surface area (TPSA) is 71.1 Å². The van der Waals surface area contributed by atoms with E-state index < -0.39 is 6.04 Å². The fraction of sp³-hybridized carbons (Fsp3) is 0.222. The lowest BCUT2D eigenvalue weighted by molar-refractivity contribution is -0.122. The summed E-state index contributed by atoms with van der Waals surface area (Å²) in [4.78, 5) is 29.5. The number of amides is 2. The van der Waals surface area contributed by atoms with Crippen LogP contribution in [0.5, 0.6) is 11.5 Å². The van der Waals surface area contributed by atoms with Gasteiger partial charge in [0.05, 0.1) is 36.4 Å². The minimum absolute atomic E-state index is 0.0312. The number of nitrogens with zero attached hydrogens (tertiary/aromatic N) is 2. The van der Waals surface area contributed by atoms with Crippen LogP contribution in [0.4, 0.5) is 11.4 Å². The first-order chi connectivity index (χ1) is 18.2. The van der Waals surface area contributed by atoms with Gasteiger partial charge in [-0.05, 0) is 78.8 Å². The molecule has 1 heterocycles. The van der Waals surface area contributed by atoms with Crippen molar-refractivity contribution in [1.82, 2.24) is 4.90 Å². The lowest BCUT2D eigenvalue weighted by Crippen LogP contribution is -2.48. The number of methoxy groups -OCH3 is 2. The first-order valence-electron chi connectivity index (χ1n) is 11.6. The number of rotatable bonds is 8. The zero-order chi connectivity index (χ0) is 27.4. The van der Waals surface area contributed by atoms with Gasteiger partial charge in [-0.1, -0.05) is 40.9 Å². The number of halogens is 3. The van der Waals surface area contributed by atoms with E-state index in [1.807, 2.05) is 18.2 Å². The standard InChI is InChI=1S/C27H24Cl3N3O4S/c1-36-23-10-3-16(13-24(23)37-2)11-12-32(27(38)31-18-6-9-20(29)21(30)14-18)22-15-25(34)33(26(22)35)19-7-4-17(28)5-8-19/h3-10,13-14,22H,11-12,15H2,1-2H3,(H,31,38). The van der Waals surface area contributed by atoms with Crippen LogP contribution in [0.15, 0.2) is 60.7 Å². The average molecular weight is 593 g/mol. The van der Waals surface area contributed by atoms with Crippen LogP contribution in [-0.4, -0.2) is 48.6 Å². The molecule has 198 valence electrons. The highest BCUT2D eigenvalue weighted by Crippen LogP contribution is 2.30. The van der Waals surface area contributed by atoms with Crippen molar-refractivity contribution in [2.75, 3.05) is 31.0 Å². The van der Waals surface area contributed by atoms with E-state index in [1.54, 1.807) is 61.6 Å². The highest BCUT2D eigenvalue weighted by molar-refractivity contribution is 7.80. The van der Waals surface area contributed by atoms with E-state index in [4.69, 9.17) is 56.5 Å². The molecule has 1 saturated heterocycles. The fourth-order valence-corrected chi connectivity index (χ4v) is 4.94. The summed E-state index contributed by atoms with van der Waals surface area (Å²) in [5.74, 6) is 0.507. The summed E-state index contributed by atoms with van der Waals surface area (Å²) in [7, 11) is 3.14. The van der Waals surface area contributed by atoms with Crippen LogP contribution in [0.25, 0.3) is 0 Å². The Balaban J connectivity index is 1.61. The molecule has 7 nitrogen and oxygen atoms in total. The zero-order valence-corrected chi connectivity index (χ0v) is 23.6. The highest BCUT2D eigenvalue weighted by Gasteiger charge is 2.43. The van der Waals surface area contributed by atoms with Crippen LogP contribution in [0.3, 0.4) is 0 Å². The van der Waals surface area contributed by atoms with Crippen LogP contribution in [0.1, 0.15) is 12.0 Å². The van der Waals surface area contributed by atoms with Gasteiger partial charge in [0.15, 0.2) is 16.6 Å². The van der Waals surface area contributed by atoms with Gasteiger partial charge in [-0.3, -0.25) is 9.59 Å². The lowest BCUT2D eigenvalue weighted by Gasteiger charge is -2.30. The Hall–Kier alpha value is -3.04. The molecular weight excluding hydrogens is 569 g/mol. The van der Waals surface area contributed by atoms with Gasteiger partial charge in [0.2, 0.25) is 5.91 Å². The summed E-state index contributed by atoms with van der Waals surface area (Å²) >= 11 is 23.9. The monoisotopic (exact) mass is 591 g/mol. The molecule has 0 aliphatic carbocycles. The molecule has 0 spiro atoms. The maximum absolute atomic E-state index is 13.6. The van der Waals surface area contributed by atoms with E-state index >= 15 is 0 Å². The lowest BCUT2D eigenvalue weighted by atomic mass is 10.1. The largest absolute Gasteiger partial charge is 0.493 e. The van der Waals surface area contributed by atoms with Crippen molar-refractivity contribution in [3.8, 4) is 11.5 Å². The molecule has 0 saturated carbocycles. The summed E-state index contributed by atoms with van der Waals surface area (Å²) in [6.07, 6.45) is 0.485. The van der Waals surface area contributed by atoms with Crippen molar-refractivity contribution >= 4 is 75.3 Å². The minimum atomic E-state index is -0.805. The van der Waals surface area contributed by atoms with Crippen LogP contribution in [0.2, 0.25) is 15.1 Å². The number of benzene rings is 3. The van der Waals surface area contributed by atoms with Crippen molar-refractivity contribution < 1.29 is 19.1 Å². The summed E-state index contributed by atoms with van der Waals surface area (Å²) in [5, 5.41) is 4.68. The number of hydrogen-bond donors (Lipinski definition) is 1. The highest BCUT2D eigenvalue weighted by atomic mass is 35.5. The molecule has 1 aliphatic heterocycles. The summed E-state index contributed by atoms with van der Waals surface area (Å²) in [6, 6.07) is 16.4. The van der Waals surface area contributed by atoms with Gasteiger partial charge in [0, 0.05) is 17.3 Å². The third-order valence-corrected chi connectivity index (χ3v) is 7.43. The SMILES string of the molecule is COc1ccc(CCN(C(=S)Nc2ccc(Cl)c(Cl)c2)C2CC(=O)N(c3ccc(Cl)cc3)C2=O)cc1OC. The molecule has 0 aromatic heterocycles. The first kappa shape index (κ1) is 28.0. The Kier molecular flexibility index (Phi) is 8.99. The van der Waals surface area contributed by atoms with E-state index in [1.165, 1.54) is 4.90 Å². The van der Waals surface area contributed by atoms with Crippen LogP contribution in [-0.2, 0) is 16.0 Å². The molecule has 3 aromatic carbocycles. The second-order valence-electron chi connectivity index (χ2n) is 8.46. The Bertz CT molecular complexity index is 1370. The first-order valence-corrected chi connectivity index (χ1v) is 13.1. The molecule has 11 heteroatoms. The molecule has 0 bridgehead atoms. The molecule has 2 amide bonds. The average Bonchev–Trinajstić information content (AvgIpc) is 3.20. The van der Waals surface area contributed by atoms with Gasteiger partial charge in [-0.15, -0.1) is 0 Å². The minimum Gasteiger partial charge on any atom is -0.493 e. The zero-order valence-electron chi connectivity index (χ0n) is 20.5. The van der Waals surface area contributed by atoms with E-state index in [-0.39, 0.29) is 23.3 Å². The van der Waals surface area contributed by atoms with E-state index in [0.29, 0.717) is 50.9 Å². The molecule has 1 unspecified atom stereocenters. The predicted octanol–water partition coefficient (Wildman–Crippen LogP) is 6.24. The second-order valence-corrected chi connectivity index (χ2v) is 10.1. The van der Waals surface area contributed by atoms with E-state index in [9.17, 15) is 9.59 Å².